The molecule has 0 saturated carbocycles. The number of rotatable bonds is 2. The molecule has 0 amide bonds. The fourth-order valence-electron chi connectivity index (χ4n) is 7.72. The van der Waals surface area contributed by atoms with Crippen LogP contribution in [-0.4, -0.2) is 11.1 Å². The van der Waals surface area contributed by atoms with E-state index < -0.39 is 0 Å². The summed E-state index contributed by atoms with van der Waals surface area (Å²) in [5.74, 6) is 1.11. The molecule has 0 spiro atoms. The van der Waals surface area contributed by atoms with Gasteiger partial charge in [-0.15, -0.1) is 0 Å². The third-order valence-corrected chi connectivity index (χ3v) is 9.75. The van der Waals surface area contributed by atoms with E-state index >= 15 is 0 Å². The quantitative estimate of drug-likeness (QED) is 0.212. The highest BCUT2D eigenvalue weighted by molar-refractivity contribution is 6.14. The van der Waals surface area contributed by atoms with E-state index in [-0.39, 0.29) is 6.17 Å². The Morgan fingerprint density at radius 1 is 0.587 bits per heavy atom. The average Bonchev–Trinajstić information content (AvgIpc) is 3.39. The number of benzene rings is 6. The molecule has 1 unspecified atom stereocenters. The van der Waals surface area contributed by atoms with Gasteiger partial charge in [0.05, 0.1) is 22.4 Å². The molecule has 1 aromatic heterocycles. The van der Waals surface area contributed by atoms with Gasteiger partial charge in [-0.05, 0) is 64.4 Å². The predicted octanol–water partition coefficient (Wildman–Crippen LogP) is 8.37. The normalized spacial score (nSPS) is 15.9. The number of aromatic nitrogens is 1. The van der Waals surface area contributed by atoms with Crippen molar-refractivity contribution in [2.45, 2.75) is 6.17 Å². The van der Waals surface area contributed by atoms with Crippen LogP contribution in [0.3, 0.4) is 0 Å². The van der Waals surface area contributed by atoms with Crippen molar-refractivity contribution in [1.29, 1.82) is 0 Å². The molecule has 46 heavy (non-hydrogen) atoms. The molecule has 0 saturated heterocycles. The lowest BCUT2D eigenvalue weighted by atomic mass is 9.92. The van der Waals surface area contributed by atoms with Gasteiger partial charge in [0.2, 0.25) is 0 Å². The van der Waals surface area contributed by atoms with E-state index in [4.69, 9.17) is 0 Å². The van der Waals surface area contributed by atoms with Gasteiger partial charge in [-0.2, -0.15) is 0 Å². The fourth-order valence-corrected chi connectivity index (χ4v) is 7.72. The molecule has 0 fully saturated rings. The van der Waals surface area contributed by atoms with Crippen LogP contribution in [-0.2, 0) is 0 Å². The standard InChI is InChI=1S/C42H30N4/c1-3-13-29-27(11-1)23-24-43-42(29)46-38-19-9-4-14-30(38)33-25-35-32-16-6-8-18-37(32)45(41-22-21-28-12-2-7-17-36(28)44-41)40(35)26-34(33)31-15-5-10-20-39(31)46/h1-23,25-26,41,43-44H,24H2. The molecule has 4 heteroatoms. The first-order valence-electron chi connectivity index (χ1n) is 16.0. The van der Waals surface area contributed by atoms with Crippen LogP contribution >= 0.6 is 0 Å². The number of anilines is 3. The Morgan fingerprint density at radius 3 is 2.15 bits per heavy atom. The highest BCUT2D eigenvalue weighted by atomic mass is 15.3. The molecular formula is C42H30N4. The highest BCUT2D eigenvalue weighted by Gasteiger charge is 2.29. The maximum absolute atomic E-state index is 3.82. The van der Waals surface area contributed by atoms with Crippen molar-refractivity contribution < 1.29 is 0 Å². The Bertz CT molecular complexity index is 2540. The summed E-state index contributed by atoms with van der Waals surface area (Å²) in [5, 5.41) is 12.6. The maximum atomic E-state index is 3.82. The first kappa shape index (κ1) is 25.3. The van der Waals surface area contributed by atoms with Crippen molar-refractivity contribution in [1.82, 2.24) is 9.88 Å². The molecule has 218 valence electrons. The van der Waals surface area contributed by atoms with Gasteiger partial charge in [0.15, 0.2) is 0 Å². The molecule has 0 aliphatic carbocycles. The fraction of sp³-hybridized carbons (Fsp3) is 0.0476. The van der Waals surface area contributed by atoms with E-state index in [2.05, 4.69) is 172 Å². The molecule has 4 nitrogen and oxygen atoms in total. The van der Waals surface area contributed by atoms with Crippen LogP contribution in [0, 0.1) is 0 Å². The van der Waals surface area contributed by atoms with Gasteiger partial charge in [0, 0.05) is 39.4 Å². The van der Waals surface area contributed by atoms with Crippen molar-refractivity contribution in [2.24, 2.45) is 0 Å². The van der Waals surface area contributed by atoms with Crippen LogP contribution in [0.2, 0.25) is 0 Å². The second kappa shape index (κ2) is 9.75. The number of para-hydroxylation sites is 4. The molecule has 2 N–H and O–H groups in total. The topological polar surface area (TPSA) is 32.2 Å². The number of fused-ring (bicyclic) bond motifs is 10. The predicted molar refractivity (Wildman–Crippen MR) is 192 cm³/mol. The van der Waals surface area contributed by atoms with Crippen molar-refractivity contribution in [3.8, 4) is 22.3 Å². The number of nitrogens with zero attached hydrogens (tertiary/aromatic N) is 2. The summed E-state index contributed by atoms with van der Waals surface area (Å²) < 4.78 is 2.47. The largest absolute Gasteiger partial charge is 0.367 e. The van der Waals surface area contributed by atoms with E-state index in [1.165, 1.54) is 71.4 Å². The van der Waals surface area contributed by atoms with Crippen LogP contribution in [0.1, 0.15) is 11.7 Å². The second-order valence-corrected chi connectivity index (χ2v) is 12.2. The van der Waals surface area contributed by atoms with Crippen molar-refractivity contribution in [3.05, 3.63) is 156 Å². The third-order valence-electron chi connectivity index (χ3n) is 9.75. The zero-order valence-electron chi connectivity index (χ0n) is 25.1. The number of hydrogen-bond acceptors (Lipinski definition) is 3. The minimum atomic E-state index is -0.0186. The molecule has 6 aromatic carbocycles. The average molecular weight is 591 g/mol. The lowest BCUT2D eigenvalue weighted by Gasteiger charge is -2.31. The van der Waals surface area contributed by atoms with E-state index in [0.717, 1.165) is 18.1 Å². The minimum Gasteiger partial charge on any atom is -0.367 e. The van der Waals surface area contributed by atoms with Crippen LogP contribution in [0.25, 0.3) is 62.0 Å². The summed E-state index contributed by atoms with van der Waals surface area (Å²) in [4.78, 5) is 2.44. The number of hydrogen-bond donors (Lipinski definition) is 2. The minimum absolute atomic E-state index is 0.0186. The van der Waals surface area contributed by atoms with Gasteiger partial charge in [-0.25, -0.2) is 0 Å². The van der Waals surface area contributed by atoms with Crippen molar-refractivity contribution in [2.75, 3.05) is 16.8 Å². The molecule has 10 rings (SSSR count). The van der Waals surface area contributed by atoms with E-state index in [1.54, 1.807) is 0 Å². The van der Waals surface area contributed by atoms with Crippen LogP contribution in [0.15, 0.2) is 140 Å². The van der Waals surface area contributed by atoms with Gasteiger partial charge in [-0.3, -0.25) is 4.90 Å². The van der Waals surface area contributed by atoms with Crippen molar-refractivity contribution >= 4 is 56.8 Å². The van der Waals surface area contributed by atoms with Crippen LogP contribution in [0.5, 0.6) is 0 Å². The number of nitrogens with one attached hydrogen (secondary N) is 2. The van der Waals surface area contributed by atoms with Gasteiger partial charge in [0.1, 0.15) is 12.0 Å². The lowest BCUT2D eigenvalue weighted by Crippen LogP contribution is -2.43. The summed E-state index contributed by atoms with van der Waals surface area (Å²) in [6.07, 6.45) is 6.78. The van der Waals surface area contributed by atoms with Crippen LogP contribution in [0.4, 0.5) is 17.1 Å². The van der Waals surface area contributed by atoms with Crippen LogP contribution < -0.4 is 26.0 Å². The smallest absolute Gasteiger partial charge is 0.123 e. The molecule has 1 atom stereocenters. The Hall–Kier alpha value is -6.00. The summed E-state index contributed by atoms with van der Waals surface area (Å²) in [5.41, 5.74) is 12.1. The maximum Gasteiger partial charge on any atom is 0.123 e. The van der Waals surface area contributed by atoms with E-state index in [9.17, 15) is 0 Å². The summed E-state index contributed by atoms with van der Waals surface area (Å²) >= 11 is 0. The monoisotopic (exact) mass is 590 g/mol. The van der Waals surface area contributed by atoms with Gasteiger partial charge >= 0.3 is 0 Å². The van der Waals surface area contributed by atoms with Gasteiger partial charge in [0.25, 0.3) is 0 Å². The Labute approximate surface area is 266 Å². The van der Waals surface area contributed by atoms with E-state index in [0.29, 0.717) is 0 Å². The molecule has 4 heterocycles. The molecule has 7 aromatic rings. The Kier molecular flexibility index (Phi) is 5.37. The first-order chi connectivity index (χ1) is 22.8. The zero-order chi connectivity index (χ0) is 30.2. The first-order valence-corrected chi connectivity index (χ1v) is 16.0. The molecule has 3 aliphatic rings. The SMILES string of the molecule is C1=CC(n2c3ccccc3c3cc4c(cc32)-c2ccccc2N(C2=c3ccccc3=CCN2)c2ccccc2-4)Nc2ccccc21. The van der Waals surface area contributed by atoms with Gasteiger partial charge in [-0.1, -0.05) is 109 Å². The van der Waals surface area contributed by atoms with E-state index in [1.807, 2.05) is 0 Å². The molecule has 0 radical (unpaired) electrons. The Morgan fingerprint density at radius 2 is 1.28 bits per heavy atom. The van der Waals surface area contributed by atoms with Gasteiger partial charge < -0.3 is 15.2 Å². The summed E-state index contributed by atoms with van der Waals surface area (Å²) in [6.45, 7) is 0.783. The summed E-state index contributed by atoms with van der Waals surface area (Å²) in [7, 11) is 0. The van der Waals surface area contributed by atoms with Crippen molar-refractivity contribution in [3.63, 3.8) is 0 Å². The lowest BCUT2D eigenvalue weighted by molar-refractivity contribution is 0.725. The Balaban J connectivity index is 1.29. The highest BCUT2D eigenvalue weighted by Crippen LogP contribution is 2.51. The zero-order valence-corrected chi connectivity index (χ0v) is 25.1. The summed E-state index contributed by atoms with van der Waals surface area (Å²) in [6, 6.07) is 48.6. The second-order valence-electron chi connectivity index (χ2n) is 12.2. The molecule has 3 aliphatic heterocycles. The molecule has 0 bridgehead atoms. The molecular weight excluding hydrogens is 560 g/mol. The third kappa shape index (κ3) is 3.61.